The molecule has 0 aliphatic heterocycles. The fraction of sp³-hybridized carbons (Fsp3) is 0.318. The largest absolute Gasteiger partial charge is 0.496 e. The lowest BCUT2D eigenvalue weighted by molar-refractivity contribution is -0.116. The number of methoxy groups -OCH3 is 1. The molecule has 160 valence electrons. The van der Waals surface area contributed by atoms with E-state index in [1.54, 1.807) is 69.3 Å². The van der Waals surface area contributed by atoms with Crippen molar-refractivity contribution >= 4 is 29.3 Å². The summed E-state index contributed by atoms with van der Waals surface area (Å²) < 4.78 is 10.3. The number of anilines is 2. The standard InChI is InChI=1S/C22H27N3O5/c1-22(2,3)30-21(28)23-14-13-19(26)24-16-10-6-7-11-17(16)25-20(27)15-9-5-8-12-18(15)29-4/h5-12H,13-14H2,1-4H3,(H,23,28)(H,24,26)(H,25,27). The molecule has 30 heavy (non-hydrogen) atoms. The van der Waals surface area contributed by atoms with Crippen molar-refractivity contribution in [1.29, 1.82) is 0 Å². The summed E-state index contributed by atoms with van der Waals surface area (Å²) in [6.07, 6.45) is -0.534. The van der Waals surface area contributed by atoms with Gasteiger partial charge in [0.2, 0.25) is 5.91 Å². The number of rotatable bonds is 7. The molecule has 0 saturated carbocycles. The molecule has 3 N–H and O–H groups in total. The van der Waals surface area contributed by atoms with Crippen molar-refractivity contribution in [2.75, 3.05) is 24.3 Å². The number of carbonyl (C=O) groups is 3. The molecule has 0 saturated heterocycles. The van der Waals surface area contributed by atoms with E-state index in [4.69, 9.17) is 9.47 Å². The van der Waals surface area contributed by atoms with Gasteiger partial charge in [0.1, 0.15) is 11.4 Å². The van der Waals surface area contributed by atoms with Gasteiger partial charge in [0.15, 0.2) is 0 Å². The third-order valence-corrected chi connectivity index (χ3v) is 3.82. The first kappa shape index (κ1) is 22.7. The number of ether oxygens (including phenoxy) is 2. The Morgan fingerprint density at radius 2 is 1.50 bits per heavy atom. The normalized spacial score (nSPS) is 10.7. The predicted molar refractivity (Wildman–Crippen MR) is 115 cm³/mol. The van der Waals surface area contributed by atoms with Gasteiger partial charge < -0.3 is 25.4 Å². The molecule has 2 aromatic rings. The zero-order chi connectivity index (χ0) is 22.1. The number of hydrogen-bond acceptors (Lipinski definition) is 5. The van der Waals surface area contributed by atoms with Crippen LogP contribution in [0.4, 0.5) is 16.2 Å². The zero-order valence-electron chi connectivity index (χ0n) is 17.6. The fourth-order valence-electron chi connectivity index (χ4n) is 2.53. The average molecular weight is 413 g/mol. The summed E-state index contributed by atoms with van der Waals surface area (Å²) in [4.78, 5) is 36.5. The van der Waals surface area contributed by atoms with Gasteiger partial charge in [0, 0.05) is 13.0 Å². The summed E-state index contributed by atoms with van der Waals surface area (Å²) in [5.41, 5.74) is 0.665. The first-order valence-electron chi connectivity index (χ1n) is 9.49. The molecule has 0 aliphatic carbocycles. The molecule has 0 fully saturated rings. The molecule has 0 bridgehead atoms. The van der Waals surface area contributed by atoms with Gasteiger partial charge in [-0.2, -0.15) is 0 Å². The number of para-hydroxylation sites is 3. The minimum Gasteiger partial charge on any atom is -0.496 e. The lowest BCUT2D eigenvalue weighted by atomic mass is 10.1. The van der Waals surface area contributed by atoms with Crippen molar-refractivity contribution < 1.29 is 23.9 Å². The highest BCUT2D eigenvalue weighted by Crippen LogP contribution is 2.24. The number of nitrogens with one attached hydrogen (secondary N) is 3. The molecule has 8 heteroatoms. The summed E-state index contributed by atoms with van der Waals surface area (Å²) >= 11 is 0. The van der Waals surface area contributed by atoms with Crippen molar-refractivity contribution in [2.24, 2.45) is 0 Å². The Morgan fingerprint density at radius 1 is 0.900 bits per heavy atom. The molecule has 8 nitrogen and oxygen atoms in total. The number of carbonyl (C=O) groups excluding carboxylic acids is 3. The highest BCUT2D eigenvalue weighted by atomic mass is 16.6. The molecule has 2 rings (SSSR count). The summed E-state index contributed by atoms with van der Waals surface area (Å²) in [6, 6.07) is 13.7. The molecule has 0 spiro atoms. The maximum absolute atomic E-state index is 12.6. The Bertz CT molecular complexity index is 906. The molecule has 0 aliphatic rings. The summed E-state index contributed by atoms with van der Waals surface area (Å²) in [5.74, 6) is -0.226. The highest BCUT2D eigenvalue weighted by molar-refractivity contribution is 6.08. The van der Waals surface area contributed by atoms with Crippen LogP contribution in [0.2, 0.25) is 0 Å². The lowest BCUT2D eigenvalue weighted by Crippen LogP contribution is -2.34. The van der Waals surface area contributed by atoms with Gasteiger partial charge >= 0.3 is 6.09 Å². The average Bonchev–Trinajstić information content (AvgIpc) is 2.68. The molecule has 0 radical (unpaired) electrons. The van der Waals surface area contributed by atoms with E-state index in [0.29, 0.717) is 22.7 Å². The monoisotopic (exact) mass is 413 g/mol. The topological polar surface area (TPSA) is 106 Å². The predicted octanol–water partition coefficient (Wildman–Crippen LogP) is 3.80. The molecule has 0 heterocycles. The van der Waals surface area contributed by atoms with Crippen LogP contribution in [-0.2, 0) is 9.53 Å². The first-order valence-corrected chi connectivity index (χ1v) is 9.49. The van der Waals surface area contributed by atoms with Crippen molar-refractivity contribution in [3.8, 4) is 5.75 Å². The van der Waals surface area contributed by atoms with Crippen LogP contribution in [0.3, 0.4) is 0 Å². The van der Waals surface area contributed by atoms with E-state index in [9.17, 15) is 14.4 Å². The number of benzene rings is 2. The Hall–Kier alpha value is -3.55. The van der Waals surface area contributed by atoms with Gasteiger partial charge in [-0.05, 0) is 45.0 Å². The van der Waals surface area contributed by atoms with Gasteiger partial charge in [-0.25, -0.2) is 4.79 Å². The van der Waals surface area contributed by atoms with Crippen LogP contribution in [0.5, 0.6) is 5.75 Å². The molecule has 2 aromatic carbocycles. The summed E-state index contributed by atoms with van der Waals surface area (Å²) in [6.45, 7) is 5.40. The lowest BCUT2D eigenvalue weighted by Gasteiger charge is -2.19. The van der Waals surface area contributed by atoms with E-state index in [-0.39, 0.29) is 24.8 Å². The Labute approximate surface area is 175 Å². The number of alkyl carbamates (subject to hydrolysis) is 1. The molecule has 0 atom stereocenters. The number of hydrogen-bond donors (Lipinski definition) is 3. The Kier molecular flexibility index (Phi) is 7.80. The van der Waals surface area contributed by atoms with Crippen molar-refractivity contribution in [2.45, 2.75) is 32.8 Å². The Morgan fingerprint density at radius 3 is 2.13 bits per heavy atom. The van der Waals surface area contributed by atoms with Crippen LogP contribution in [0.15, 0.2) is 48.5 Å². The van der Waals surface area contributed by atoms with Gasteiger partial charge in [0.25, 0.3) is 5.91 Å². The van der Waals surface area contributed by atoms with Crippen LogP contribution >= 0.6 is 0 Å². The first-order chi connectivity index (χ1) is 14.2. The Balaban J connectivity index is 1.96. The second-order valence-corrected chi connectivity index (χ2v) is 7.43. The van der Waals surface area contributed by atoms with Crippen molar-refractivity contribution in [3.63, 3.8) is 0 Å². The third-order valence-electron chi connectivity index (χ3n) is 3.82. The van der Waals surface area contributed by atoms with E-state index in [1.165, 1.54) is 7.11 Å². The van der Waals surface area contributed by atoms with Crippen molar-refractivity contribution in [1.82, 2.24) is 5.32 Å². The highest BCUT2D eigenvalue weighted by Gasteiger charge is 2.17. The maximum Gasteiger partial charge on any atom is 0.407 e. The minimum atomic E-state index is -0.606. The molecule has 0 aromatic heterocycles. The van der Waals surface area contributed by atoms with Crippen LogP contribution in [0, 0.1) is 0 Å². The second kappa shape index (κ2) is 10.3. The van der Waals surface area contributed by atoms with E-state index >= 15 is 0 Å². The van der Waals surface area contributed by atoms with Crippen LogP contribution in [0.25, 0.3) is 0 Å². The smallest absolute Gasteiger partial charge is 0.407 e. The van der Waals surface area contributed by atoms with Crippen LogP contribution < -0.4 is 20.7 Å². The minimum absolute atomic E-state index is 0.0496. The van der Waals surface area contributed by atoms with Gasteiger partial charge in [-0.15, -0.1) is 0 Å². The molecule has 0 unspecified atom stereocenters. The van der Waals surface area contributed by atoms with Crippen LogP contribution in [-0.4, -0.2) is 37.2 Å². The maximum atomic E-state index is 12.6. The van der Waals surface area contributed by atoms with E-state index in [1.807, 2.05) is 0 Å². The summed E-state index contributed by atoms with van der Waals surface area (Å²) in [7, 11) is 1.49. The molecular formula is C22H27N3O5. The van der Waals surface area contributed by atoms with E-state index in [2.05, 4.69) is 16.0 Å². The zero-order valence-corrected chi connectivity index (χ0v) is 17.6. The SMILES string of the molecule is COc1ccccc1C(=O)Nc1ccccc1NC(=O)CCNC(=O)OC(C)(C)C. The second-order valence-electron chi connectivity index (χ2n) is 7.43. The quantitative estimate of drug-likeness (QED) is 0.640. The fourth-order valence-corrected chi connectivity index (χ4v) is 2.53. The summed E-state index contributed by atoms with van der Waals surface area (Å²) in [5, 5.41) is 8.06. The van der Waals surface area contributed by atoms with E-state index < -0.39 is 11.7 Å². The molecule has 3 amide bonds. The third kappa shape index (κ3) is 7.12. The van der Waals surface area contributed by atoms with Gasteiger partial charge in [-0.1, -0.05) is 24.3 Å². The van der Waals surface area contributed by atoms with E-state index in [0.717, 1.165) is 0 Å². The van der Waals surface area contributed by atoms with Crippen LogP contribution in [0.1, 0.15) is 37.6 Å². The molecular weight excluding hydrogens is 386 g/mol. The number of amides is 3. The van der Waals surface area contributed by atoms with Gasteiger partial charge in [-0.3, -0.25) is 9.59 Å². The van der Waals surface area contributed by atoms with Gasteiger partial charge in [0.05, 0.1) is 24.0 Å². The van der Waals surface area contributed by atoms with Crippen molar-refractivity contribution in [3.05, 3.63) is 54.1 Å².